The molecule has 2 heterocycles. The van der Waals surface area contributed by atoms with Gasteiger partial charge < -0.3 is 15.2 Å². The Labute approximate surface area is 121 Å². The van der Waals surface area contributed by atoms with E-state index in [1.165, 1.54) is 0 Å². The first-order chi connectivity index (χ1) is 8.58. The number of nitrogens with zero attached hydrogens (tertiary/aromatic N) is 2. The van der Waals surface area contributed by atoms with Gasteiger partial charge in [-0.05, 0) is 34.9 Å². The summed E-state index contributed by atoms with van der Waals surface area (Å²) in [5.41, 5.74) is 6.95. The minimum absolute atomic E-state index is 0.191. The molecule has 0 amide bonds. The van der Waals surface area contributed by atoms with Crippen molar-refractivity contribution in [1.29, 1.82) is 0 Å². The molecule has 1 aliphatic heterocycles. The molecule has 2 rings (SSSR count). The molecule has 1 unspecified atom stereocenters. The van der Waals surface area contributed by atoms with Gasteiger partial charge >= 0.3 is 0 Å². The van der Waals surface area contributed by atoms with Gasteiger partial charge in [0.25, 0.3) is 0 Å². The molecule has 1 aliphatic rings. The predicted octanol–water partition coefficient (Wildman–Crippen LogP) is 1.95. The van der Waals surface area contributed by atoms with Crippen molar-refractivity contribution in [3.8, 4) is 0 Å². The molecular formula is C12H18IN3O2. The predicted molar refractivity (Wildman–Crippen MR) is 77.2 cm³/mol. The maximum Gasteiger partial charge on any atom is 0.162 e. The summed E-state index contributed by atoms with van der Waals surface area (Å²) in [6, 6.07) is 0. The van der Waals surface area contributed by atoms with Crippen LogP contribution < -0.4 is 5.73 Å². The Kier molecular flexibility index (Phi) is 4.74. The number of nitrogen functional groups attached to an aromatic ring is 1. The van der Waals surface area contributed by atoms with E-state index < -0.39 is 0 Å². The van der Waals surface area contributed by atoms with Crippen LogP contribution in [-0.2, 0) is 15.9 Å². The van der Waals surface area contributed by atoms with Gasteiger partial charge in [-0.15, -0.1) is 0 Å². The van der Waals surface area contributed by atoms with E-state index in [1.807, 2.05) is 0 Å². The number of halogens is 1. The average molecular weight is 363 g/mol. The molecule has 1 aromatic rings. The van der Waals surface area contributed by atoms with Crippen molar-refractivity contribution in [2.24, 2.45) is 5.92 Å². The third kappa shape index (κ3) is 3.30. The molecule has 0 aromatic carbocycles. The highest BCUT2D eigenvalue weighted by Crippen LogP contribution is 2.24. The van der Waals surface area contributed by atoms with E-state index in [2.05, 4.69) is 46.4 Å². The first-order valence-corrected chi connectivity index (χ1v) is 7.17. The van der Waals surface area contributed by atoms with E-state index in [0.717, 1.165) is 15.7 Å². The van der Waals surface area contributed by atoms with Crippen LogP contribution in [-0.4, -0.2) is 29.8 Å². The van der Waals surface area contributed by atoms with Gasteiger partial charge in [-0.1, -0.05) is 13.8 Å². The highest BCUT2D eigenvalue weighted by molar-refractivity contribution is 14.1. The topological polar surface area (TPSA) is 70.3 Å². The van der Waals surface area contributed by atoms with Gasteiger partial charge in [-0.2, -0.15) is 0 Å². The number of hydrogen-bond acceptors (Lipinski definition) is 5. The van der Waals surface area contributed by atoms with Crippen LogP contribution in [0, 0.1) is 9.49 Å². The van der Waals surface area contributed by atoms with Gasteiger partial charge in [0.1, 0.15) is 11.9 Å². The molecule has 18 heavy (non-hydrogen) atoms. The van der Waals surface area contributed by atoms with Crippen LogP contribution in [0.3, 0.4) is 0 Å². The monoisotopic (exact) mass is 363 g/mol. The molecule has 0 bridgehead atoms. The fraction of sp³-hybridized carbons (Fsp3) is 0.667. The smallest absolute Gasteiger partial charge is 0.162 e. The molecule has 1 saturated heterocycles. The minimum atomic E-state index is -0.191. The second-order valence-corrected chi connectivity index (χ2v) is 5.84. The Morgan fingerprint density at radius 1 is 1.39 bits per heavy atom. The number of rotatable bonds is 3. The highest BCUT2D eigenvalue weighted by atomic mass is 127. The number of anilines is 1. The summed E-state index contributed by atoms with van der Waals surface area (Å²) < 4.78 is 11.9. The van der Waals surface area contributed by atoms with Gasteiger partial charge in [0, 0.05) is 0 Å². The Balaban J connectivity index is 2.27. The molecule has 6 heteroatoms. The van der Waals surface area contributed by atoms with Crippen LogP contribution in [0.4, 0.5) is 5.82 Å². The van der Waals surface area contributed by atoms with Crippen LogP contribution in [0.25, 0.3) is 0 Å². The summed E-state index contributed by atoms with van der Waals surface area (Å²) in [5.74, 6) is 1.71. The maximum atomic E-state index is 5.95. The lowest BCUT2D eigenvalue weighted by molar-refractivity contribution is -0.0935. The SMILES string of the molecule is CC(C)Cc1nc(C2COCCO2)nc(N)c1I. The Bertz CT molecular complexity index is 420. The Hall–Kier alpha value is -0.470. The first kappa shape index (κ1) is 14.0. The van der Waals surface area contributed by atoms with Crippen molar-refractivity contribution >= 4 is 28.4 Å². The second kappa shape index (κ2) is 6.12. The highest BCUT2D eigenvalue weighted by Gasteiger charge is 2.22. The number of aromatic nitrogens is 2. The van der Waals surface area contributed by atoms with Crippen LogP contribution >= 0.6 is 22.6 Å². The number of nitrogens with two attached hydrogens (primary N) is 1. The Morgan fingerprint density at radius 2 is 2.17 bits per heavy atom. The third-order valence-corrected chi connectivity index (χ3v) is 3.84. The molecule has 1 atom stereocenters. The number of hydrogen-bond donors (Lipinski definition) is 1. The largest absolute Gasteiger partial charge is 0.383 e. The van der Waals surface area contributed by atoms with Crippen molar-refractivity contribution in [3.05, 3.63) is 15.1 Å². The van der Waals surface area contributed by atoms with Crippen molar-refractivity contribution in [3.63, 3.8) is 0 Å². The summed E-state index contributed by atoms with van der Waals surface area (Å²) in [6.07, 6.45) is 0.704. The molecule has 1 fully saturated rings. The molecule has 2 N–H and O–H groups in total. The zero-order valence-electron chi connectivity index (χ0n) is 10.6. The minimum Gasteiger partial charge on any atom is -0.383 e. The summed E-state index contributed by atoms with van der Waals surface area (Å²) in [5, 5.41) is 0. The lowest BCUT2D eigenvalue weighted by atomic mass is 10.1. The van der Waals surface area contributed by atoms with E-state index in [4.69, 9.17) is 15.2 Å². The second-order valence-electron chi connectivity index (χ2n) is 4.76. The lowest BCUT2D eigenvalue weighted by Crippen LogP contribution is -2.24. The molecular weight excluding hydrogens is 345 g/mol. The van der Waals surface area contributed by atoms with Gasteiger partial charge in [0.2, 0.25) is 0 Å². The van der Waals surface area contributed by atoms with Crippen molar-refractivity contribution in [2.45, 2.75) is 26.4 Å². The number of ether oxygens (including phenoxy) is 2. The Morgan fingerprint density at radius 3 is 2.78 bits per heavy atom. The average Bonchev–Trinajstić information content (AvgIpc) is 2.35. The molecule has 0 spiro atoms. The van der Waals surface area contributed by atoms with Crippen LogP contribution in [0.15, 0.2) is 0 Å². The van der Waals surface area contributed by atoms with Crippen molar-refractivity contribution < 1.29 is 9.47 Å². The van der Waals surface area contributed by atoms with E-state index in [0.29, 0.717) is 37.4 Å². The lowest BCUT2D eigenvalue weighted by Gasteiger charge is -2.22. The molecule has 0 saturated carbocycles. The molecule has 5 nitrogen and oxygen atoms in total. The third-order valence-electron chi connectivity index (χ3n) is 2.67. The van der Waals surface area contributed by atoms with Gasteiger partial charge in [0.15, 0.2) is 5.82 Å². The van der Waals surface area contributed by atoms with E-state index in [9.17, 15) is 0 Å². The standard InChI is InChI=1S/C12H18IN3O2/c1-7(2)5-8-10(13)11(14)16-12(15-8)9-6-17-3-4-18-9/h7,9H,3-6H2,1-2H3,(H2,14,15,16). The first-order valence-electron chi connectivity index (χ1n) is 6.09. The van der Waals surface area contributed by atoms with Crippen LogP contribution in [0.1, 0.15) is 31.5 Å². The molecule has 1 aromatic heterocycles. The zero-order chi connectivity index (χ0) is 13.1. The van der Waals surface area contributed by atoms with Crippen LogP contribution in [0.2, 0.25) is 0 Å². The van der Waals surface area contributed by atoms with Crippen molar-refractivity contribution in [1.82, 2.24) is 9.97 Å². The zero-order valence-corrected chi connectivity index (χ0v) is 12.8. The summed E-state index contributed by atoms with van der Waals surface area (Å²) in [6.45, 7) is 6.04. The summed E-state index contributed by atoms with van der Waals surface area (Å²) in [4.78, 5) is 8.91. The molecule has 100 valence electrons. The quantitative estimate of drug-likeness (QED) is 0.832. The maximum absolute atomic E-state index is 5.95. The normalized spacial score (nSPS) is 20.3. The van der Waals surface area contributed by atoms with Gasteiger partial charge in [0.05, 0.1) is 29.1 Å². The molecule has 0 radical (unpaired) electrons. The van der Waals surface area contributed by atoms with E-state index in [1.54, 1.807) is 0 Å². The van der Waals surface area contributed by atoms with Crippen LogP contribution in [0.5, 0.6) is 0 Å². The fourth-order valence-corrected chi connectivity index (χ4v) is 2.30. The van der Waals surface area contributed by atoms with Gasteiger partial charge in [-0.3, -0.25) is 0 Å². The van der Waals surface area contributed by atoms with E-state index >= 15 is 0 Å². The van der Waals surface area contributed by atoms with E-state index in [-0.39, 0.29) is 6.10 Å². The fourth-order valence-electron chi connectivity index (χ4n) is 1.84. The van der Waals surface area contributed by atoms with Gasteiger partial charge in [-0.25, -0.2) is 9.97 Å². The summed E-state index contributed by atoms with van der Waals surface area (Å²) in [7, 11) is 0. The summed E-state index contributed by atoms with van der Waals surface area (Å²) >= 11 is 2.20. The van der Waals surface area contributed by atoms with Crippen molar-refractivity contribution in [2.75, 3.05) is 25.6 Å². The molecule has 0 aliphatic carbocycles.